The Hall–Kier alpha value is -1.11. The van der Waals surface area contributed by atoms with E-state index in [9.17, 15) is 9.90 Å². The first-order valence-electron chi connectivity index (χ1n) is 3.90. The van der Waals surface area contributed by atoms with E-state index in [2.05, 4.69) is 10.6 Å². The number of allylic oxidation sites excluding steroid dienone is 3. The summed E-state index contributed by atoms with van der Waals surface area (Å²) < 4.78 is 0. The second-order valence-electron chi connectivity index (χ2n) is 2.51. The average molecular weight is 186 g/mol. The summed E-state index contributed by atoms with van der Waals surface area (Å²) in [5.74, 6) is -0.493. The van der Waals surface area contributed by atoms with Crippen LogP contribution in [-0.2, 0) is 4.79 Å². The zero-order valence-electron chi connectivity index (χ0n) is 8.55. The first-order chi connectivity index (χ1) is 6.20. The molecule has 0 aromatic rings. The third-order valence-corrected chi connectivity index (χ3v) is 1.76. The second-order valence-corrected chi connectivity index (χ2v) is 2.51. The van der Waals surface area contributed by atoms with Crippen LogP contribution in [0.4, 0.5) is 0 Å². The van der Waals surface area contributed by atoms with Crippen molar-refractivity contribution in [2.45, 2.75) is 0 Å². The summed E-state index contributed by atoms with van der Waals surface area (Å²) in [7, 11) is 3.06. The number of hydrogen-bond acceptors (Lipinski definition) is 3. The molecule has 1 aliphatic carbocycles. The van der Waals surface area contributed by atoms with Crippen LogP contribution in [0.1, 0.15) is 0 Å². The molecular weight excluding hydrogens is 175 g/mol. The van der Waals surface area contributed by atoms with Crippen molar-refractivity contribution in [3.63, 3.8) is 0 Å². The molecular formula is C9H11LiN2O2. The summed E-state index contributed by atoms with van der Waals surface area (Å²) in [5.41, 5.74) is 0.809. The standard InChI is InChI=1S/C9H12N2O2.Li/c1-10-8(12)6-4-3-5-7(6)9(13)11-2;/h3-5,10,12H,1-2H3,(H,11,13);/q;+1/p-1. The first-order valence-corrected chi connectivity index (χ1v) is 3.90. The molecule has 4 nitrogen and oxygen atoms in total. The molecule has 0 saturated carbocycles. The Morgan fingerprint density at radius 3 is 2.50 bits per heavy atom. The minimum absolute atomic E-state index is 0. The Morgan fingerprint density at radius 2 is 2.00 bits per heavy atom. The Labute approximate surface area is 94.9 Å². The van der Waals surface area contributed by atoms with Gasteiger partial charge < -0.3 is 15.7 Å². The summed E-state index contributed by atoms with van der Waals surface area (Å²) in [6.07, 6.45) is 4.90. The molecule has 0 aromatic carbocycles. The fourth-order valence-corrected chi connectivity index (χ4v) is 1.09. The van der Waals surface area contributed by atoms with E-state index < -0.39 is 0 Å². The van der Waals surface area contributed by atoms with Crippen molar-refractivity contribution in [1.29, 1.82) is 0 Å². The van der Waals surface area contributed by atoms with E-state index in [0.717, 1.165) is 0 Å². The fourth-order valence-electron chi connectivity index (χ4n) is 1.09. The Morgan fingerprint density at radius 1 is 1.36 bits per heavy atom. The molecule has 0 heterocycles. The number of amides is 1. The van der Waals surface area contributed by atoms with Crippen LogP contribution in [0, 0.1) is 0 Å². The number of nitrogens with one attached hydrogen (secondary N) is 2. The Bertz CT molecular complexity index is 319. The minimum atomic E-state index is -0.247. The van der Waals surface area contributed by atoms with Crippen LogP contribution in [0.15, 0.2) is 35.3 Å². The molecule has 0 unspecified atom stereocenters. The molecule has 0 radical (unpaired) electrons. The van der Waals surface area contributed by atoms with E-state index in [1.807, 2.05) is 0 Å². The Kier molecular flexibility index (Phi) is 5.14. The van der Waals surface area contributed by atoms with Gasteiger partial charge in [-0.05, 0) is 17.5 Å². The van der Waals surface area contributed by atoms with Crippen LogP contribution in [0.3, 0.4) is 0 Å². The van der Waals surface area contributed by atoms with Gasteiger partial charge in [-0.2, -0.15) is 0 Å². The van der Waals surface area contributed by atoms with E-state index in [4.69, 9.17) is 0 Å². The maximum absolute atomic E-state index is 11.2. The molecule has 1 aliphatic rings. The molecule has 2 N–H and O–H groups in total. The molecule has 14 heavy (non-hydrogen) atoms. The van der Waals surface area contributed by atoms with Gasteiger partial charge in [-0.25, -0.2) is 0 Å². The average Bonchev–Trinajstić information content (AvgIpc) is 2.63. The maximum Gasteiger partial charge on any atom is 1.00 e. The van der Waals surface area contributed by atoms with Gasteiger partial charge >= 0.3 is 18.9 Å². The van der Waals surface area contributed by atoms with Crippen LogP contribution in [0.2, 0.25) is 0 Å². The monoisotopic (exact) mass is 186 g/mol. The van der Waals surface area contributed by atoms with Crippen molar-refractivity contribution >= 4 is 5.91 Å². The van der Waals surface area contributed by atoms with Gasteiger partial charge in [0, 0.05) is 19.7 Å². The summed E-state index contributed by atoms with van der Waals surface area (Å²) >= 11 is 0. The number of carbonyl (C=O) groups is 1. The molecule has 0 atom stereocenters. The zero-order valence-corrected chi connectivity index (χ0v) is 8.55. The summed E-state index contributed by atoms with van der Waals surface area (Å²) in [4.78, 5) is 11.2. The molecule has 0 aliphatic heterocycles. The molecule has 70 valence electrons. The van der Waals surface area contributed by atoms with Crippen LogP contribution in [0.5, 0.6) is 0 Å². The van der Waals surface area contributed by atoms with E-state index >= 15 is 0 Å². The fraction of sp³-hybridized carbons (Fsp3) is 0.222. The van der Waals surface area contributed by atoms with Crippen LogP contribution in [0.25, 0.3) is 0 Å². The topological polar surface area (TPSA) is 64.2 Å². The van der Waals surface area contributed by atoms with Gasteiger partial charge in [-0.15, -0.1) is 0 Å². The quantitative estimate of drug-likeness (QED) is 0.341. The van der Waals surface area contributed by atoms with Gasteiger partial charge in [0.2, 0.25) is 0 Å². The van der Waals surface area contributed by atoms with Crippen molar-refractivity contribution < 1.29 is 28.8 Å². The number of likely N-dealkylation sites (N-methyl/N-ethyl adjacent to an activating group) is 1. The normalized spacial score (nSPS) is 16.9. The SMILES string of the molecule is CNC(=O)C1=CC=CC1=C([O-])NC.[Li+]. The van der Waals surface area contributed by atoms with Gasteiger partial charge in [-0.3, -0.25) is 4.79 Å². The summed E-state index contributed by atoms with van der Waals surface area (Å²) in [5, 5.41) is 16.2. The van der Waals surface area contributed by atoms with Crippen molar-refractivity contribution in [2.75, 3.05) is 14.1 Å². The first kappa shape index (κ1) is 12.9. The third-order valence-electron chi connectivity index (χ3n) is 1.76. The molecule has 5 heteroatoms. The number of hydrogen-bond donors (Lipinski definition) is 2. The smallest absolute Gasteiger partial charge is 0.860 e. The molecule has 0 bridgehead atoms. The summed E-state index contributed by atoms with van der Waals surface area (Å²) in [6.45, 7) is 0. The summed E-state index contributed by atoms with van der Waals surface area (Å²) in [6, 6.07) is 0. The van der Waals surface area contributed by atoms with Gasteiger partial charge in [0.15, 0.2) is 0 Å². The van der Waals surface area contributed by atoms with Crippen molar-refractivity contribution in [1.82, 2.24) is 10.6 Å². The molecule has 0 aromatic heterocycles. The zero-order chi connectivity index (χ0) is 9.84. The molecule has 1 amide bonds. The van der Waals surface area contributed by atoms with Gasteiger partial charge in [0.05, 0.1) is 0 Å². The van der Waals surface area contributed by atoms with Crippen LogP contribution >= 0.6 is 0 Å². The van der Waals surface area contributed by atoms with Crippen molar-refractivity contribution in [3.8, 4) is 0 Å². The molecule has 0 saturated heterocycles. The maximum atomic E-state index is 11.2. The van der Waals surface area contributed by atoms with Gasteiger partial charge in [0.25, 0.3) is 5.91 Å². The number of rotatable bonds is 2. The predicted molar refractivity (Wildman–Crippen MR) is 47.4 cm³/mol. The van der Waals surface area contributed by atoms with E-state index in [1.165, 1.54) is 14.1 Å². The van der Waals surface area contributed by atoms with Crippen LogP contribution in [-0.4, -0.2) is 20.0 Å². The van der Waals surface area contributed by atoms with E-state index in [0.29, 0.717) is 11.1 Å². The third kappa shape index (κ3) is 2.44. The number of carbonyl (C=O) groups excluding carboxylic acids is 1. The van der Waals surface area contributed by atoms with E-state index in [1.54, 1.807) is 18.2 Å². The Balaban J connectivity index is 0.00000169. The molecule has 1 rings (SSSR count). The predicted octanol–water partition coefficient (Wildman–Crippen LogP) is -3.98. The minimum Gasteiger partial charge on any atom is -0.860 e. The second kappa shape index (κ2) is 5.58. The van der Waals surface area contributed by atoms with Gasteiger partial charge in [-0.1, -0.05) is 12.2 Å². The van der Waals surface area contributed by atoms with Gasteiger partial charge in [0.1, 0.15) is 0 Å². The molecule has 0 fully saturated rings. The van der Waals surface area contributed by atoms with Crippen molar-refractivity contribution in [3.05, 3.63) is 35.3 Å². The largest absolute Gasteiger partial charge is 1.00 e. The van der Waals surface area contributed by atoms with E-state index in [-0.39, 0.29) is 30.7 Å². The molecule has 0 spiro atoms. The van der Waals surface area contributed by atoms with Crippen LogP contribution < -0.4 is 34.6 Å². The van der Waals surface area contributed by atoms with Crippen molar-refractivity contribution in [2.24, 2.45) is 0 Å².